The van der Waals surface area contributed by atoms with Crippen LogP contribution in [0.25, 0.3) is 0 Å². The van der Waals surface area contributed by atoms with E-state index in [1.54, 1.807) is 25.3 Å². The summed E-state index contributed by atoms with van der Waals surface area (Å²) in [5.41, 5.74) is 1.57. The van der Waals surface area contributed by atoms with E-state index in [-0.39, 0.29) is 0 Å². The molecule has 0 atom stereocenters. The SMILES string of the molecule is COCCc1cccc(B(O)O)c1. The Labute approximate surface area is 78.1 Å². The molecule has 0 radical (unpaired) electrons. The molecule has 0 aliphatic heterocycles. The van der Waals surface area contributed by atoms with Crippen LogP contribution in [0.4, 0.5) is 0 Å². The van der Waals surface area contributed by atoms with E-state index in [9.17, 15) is 0 Å². The maximum Gasteiger partial charge on any atom is 0.488 e. The first-order chi connectivity index (χ1) is 6.24. The standard InChI is InChI=1S/C9H13BO3/c1-13-6-5-8-3-2-4-9(7-8)10(11)12/h2-4,7,11-12H,5-6H2,1H3. The van der Waals surface area contributed by atoms with Gasteiger partial charge in [-0.05, 0) is 17.4 Å². The van der Waals surface area contributed by atoms with Crippen LogP contribution in [0.15, 0.2) is 24.3 Å². The number of ether oxygens (including phenoxy) is 1. The molecule has 0 saturated carbocycles. The van der Waals surface area contributed by atoms with Gasteiger partial charge in [-0.1, -0.05) is 24.3 Å². The summed E-state index contributed by atoms with van der Waals surface area (Å²) in [7, 11) is 0.257. The average molecular weight is 180 g/mol. The van der Waals surface area contributed by atoms with Crippen molar-refractivity contribution in [2.24, 2.45) is 0 Å². The molecule has 2 N–H and O–H groups in total. The molecule has 13 heavy (non-hydrogen) atoms. The van der Waals surface area contributed by atoms with Gasteiger partial charge in [-0.15, -0.1) is 0 Å². The zero-order chi connectivity index (χ0) is 9.68. The van der Waals surface area contributed by atoms with E-state index in [2.05, 4.69) is 0 Å². The first-order valence-electron chi connectivity index (χ1n) is 4.18. The van der Waals surface area contributed by atoms with E-state index in [4.69, 9.17) is 14.8 Å². The second-order valence-electron chi connectivity index (χ2n) is 2.86. The topological polar surface area (TPSA) is 49.7 Å². The van der Waals surface area contributed by atoms with Crippen LogP contribution in [0.3, 0.4) is 0 Å². The summed E-state index contributed by atoms with van der Waals surface area (Å²) < 4.78 is 4.92. The van der Waals surface area contributed by atoms with Crippen molar-refractivity contribution in [1.82, 2.24) is 0 Å². The van der Waals surface area contributed by atoms with Gasteiger partial charge in [0.2, 0.25) is 0 Å². The highest BCUT2D eigenvalue weighted by Crippen LogP contribution is 1.98. The fourth-order valence-corrected chi connectivity index (χ4v) is 1.13. The molecule has 1 aromatic carbocycles. The molecular weight excluding hydrogens is 167 g/mol. The molecule has 70 valence electrons. The van der Waals surface area contributed by atoms with Gasteiger partial charge >= 0.3 is 7.12 Å². The first kappa shape index (κ1) is 10.2. The molecule has 0 unspecified atom stereocenters. The van der Waals surface area contributed by atoms with Gasteiger partial charge < -0.3 is 14.8 Å². The molecule has 1 rings (SSSR count). The second kappa shape index (κ2) is 5.02. The van der Waals surface area contributed by atoms with Gasteiger partial charge in [-0.3, -0.25) is 0 Å². The van der Waals surface area contributed by atoms with Gasteiger partial charge in [0, 0.05) is 7.11 Å². The molecule has 0 aromatic heterocycles. The molecule has 4 heteroatoms. The molecule has 3 nitrogen and oxygen atoms in total. The third kappa shape index (κ3) is 3.18. The number of benzene rings is 1. The molecule has 0 heterocycles. The second-order valence-corrected chi connectivity index (χ2v) is 2.86. The van der Waals surface area contributed by atoms with Crippen molar-refractivity contribution in [3.8, 4) is 0 Å². The van der Waals surface area contributed by atoms with Crippen LogP contribution in [0.5, 0.6) is 0 Å². The van der Waals surface area contributed by atoms with Gasteiger partial charge in [-0.25, -0.2) is 0 Å². The Morgan fingerprint density at radius 1 is 1.38 bits per heavy atom. The summed E-state index contributed by atoms with van der Waals surface area (Å²) >= 11 is 0. The fraction of sp³-hybridized carbons (Fsp3) is 0.333. The minimum absolute atomic E-state index is 0.522. The van der Waals surface area contributed by atoms with E-state index in [0.717, 1.165) is 12.0 Å². The number of methoxy groups -OCH3 is 1. The van der Waals surface area contributed by atoms with E-state index >= 15 is 0 Å². The Kier molecular flexibility index (Phi) is 3.95. The van der Waals surface area contributed by atoms with Crippen LogP contribution in [0, 0.1) is 0 Å². The van der Waals surface area contributed by atoms with Crippen LogP contribution < -0.4 is 5.46 Å². The zero-order valence-electron chi connectivity index (χ0n) is 7.60. The van der Waals surface area contributed by atoms with Gasteiger partial charge in [0.25, 0.3) is 0 Å². The summed E-state index contributed by atoms with van der Waals surface area (Å²) in [5, 5.41) is 17.8. The van der Waals surface area contributed by atoms with E-state index in [0.29, 0.717) is 12.1 Å². The fourth-order valence-electron chi connectivity index (χ4n) is 1.13. The van der Waals surface area contributed by atoms with Crippen LogP contribution >= 0.6 is 0 Å². The third-order valence-corrected chi connectivity index (χ3v) is 1.84. The number of hydrogen-bond donors (Lipinski definition) is 2. The zero-order valence-corrected chi connectivity index (χ0v) is 7.60. The van der Waals surface area contributed by atoms with Crippen molar-refractivity contribution < 1.29 is 14.8 Å². The Morgan fingerprint density at radius 2 is 2.15 bits per heavy atom. The van der Waals surface area contributed by atoms with E-state index in [1.165, 1.54) is 0 Å². The lowest BCUT2D eigenvalue weighted by atomic mass is 9.79. The maximum atomic E-state index is 8.90. The van der Waals surface area contributed by atoms with Crippen molar-refractivity contribution in [1.29, 1.82) is 0 Å². The van der Waals surface area contributed by atoms with Gasteiger partial charge in [0.1, 0.15) is 0 Å². The summed E-state index contributed by atoms with van der Waals surface area (Å²) in [5.74, 6) is 0. The highest BCUT2D eigenvalue weighted by Gasteiger charge is 2.10. The van der Waals surface area contributed by atoms with Crippen molar-refractivity contribution in [3.05, 3.63) is 29.8 Å². The number of hydrogen-bond acceptors (Lipinski definition) is 3. The Hall–Kier alpha value is -0.835. The van der Waals surface area contributed by atoms with Crippen LogP contribution in [-0.2, 0) is 11.2 Å². The Bertz CT molecular complexity index is 263. The van der Waals surface area contributed by atoms with Gasteiger partial charge in [-0.2, -0.15) is 0 Å². The van der Waals surface area contributed by atoms with E-state index in [1.807, 2.05) is 6.07 Å². The van der Waals surface area contributed by atoms with Crippen LogP contribution in [0.1, 0.15) is 5.56 Å². The normalized spacial score (nSPS) is 10.1. The highest BCUT2D eigenvalue weighted by atomic mass is 16.5. The van der Waals surface area contributed by atoms with Crippen molar-refractivity contribution in [2.75, 3.05) is 13.7 Å². The van der Waals surface area contributed by atoms with E-state index < -0.39 is 7.12 Å². The highest BCUT2D eigenvalue weighted by molar-refractivity contribution is 6.58. The predicted octanol–water partition coefficient (Wildman–Crippen LogP) is -0.445. The quantitative estimate of drug-likeness (QED) is 0.617. The Morgan fingerprint density at radius 3 is 2.77 bits per heavy atom. The average Bonchev–Trinajstić information content (AvgIpc) is 2.15. The lowest BCUT2D eigenvalue weighted by Crippen LogP contribution is -2.29. The summed E-state index contributed by atoms with van der Waals surface area (Å²) in [6, 6.07) is 7.19. The summed E-state index contributed by atoms with van der Waals surface area (Å²) in [6.45, 7) is 0.644. The lowest BCUT2D eigenvalue weighted by Gasteiger charge is -2.03. The largest absolute Gasteiger partial charge is 0.488 e. The Balaban J connectivity index is 2.68. The smallest absolute Gasteiger partial charge is 0.423 e. The minimum atomic E-state index is -1.39. The molecule has 0 aliphatic carbocycles. The number of rotatable bonds is 4. The minimum Gasteiger partial charge on any atom is -0.423 e. The molecular formula is C9H13BO3. The molecule has 0 saturated heterocycles. The predicted molar refractivity (Wildman–Crippen MR) is 51.8 cm³/mol. The van der Waals surface area contributed by atoms with Crippen LogP contribution in [-0.4, -0.2) is 30.9 Å². The van der Waals surface area contributed by atoms with Crippen molar-refractivity contribution >= 4 is 12.6 Å². The first-order valence-corrected chi connectivity index (χ1v) is 4.18. The molecule has 0 spiro atoms. The maximum absolute atomic E-state index is 8.90. The van der Waals surface area contributed by atoms with Crippen LogP contribution in [0.2, 0.25) is 0 Å². The summed E-state index contributed by atoms with van der Waals surface area (Å²) in [6.07, 6.45) is 0.789. The van der Waals surface area contributed by atoms with Crippen molar-refractivity contribution in [3.63, 3.8) is 0 Å². The lowest BCUT2D eigenvalue weighted by molar-refractivity contribution is 0.202. The molecule has 0 fully saturated rings. The van der Waals surface area contributed by atoms with Gasteiger partial charge in [0.15, 0.2) is 0 Å². The third-order valence-electron chi connectivity index (χ3n) is 1.84. The monoisotopic (exact) mass is 180 g/mol. The summed E-state index contributed by atoms with van der Waals surface area (Å²) in [4.78, 5) is 0. The molecule has 1 aromatic rings. The van der Waals surface area contributed by atoms with Crippen molar-refractivity contribution in [2.45, 2.75) is 6.42 Å². The molecule has 0 bridgehead atoms. The molecule has 0 aliphatic rings. The van der Waals surface area contributed by atoms with Gasteiger partial charge in [0.05, 0.1) is 6.61 Å². The molecule has 0 amide bonds.